The maximum Gasteiger partial charge on any atom is 0.0524 e. The Morgan fingerprint density at radius 1 is 1.39 bits per heavy atom. The Bertz CT molecular complexity index is 423. The van der Waals surface area contributed by atoms with Gasteiger partial charge in [0.2, 0.25) is 0 Å². The minimum atomic E-state index is 0.354. The summed E-state index contributed by atoms with van der Waals surface area (Å²) in [5.74, 6) is 0.718. The van der Waals surface area contributed by atoms with Crippen LogP contribution in [0.3, 0.4) is 0 Å². The number of nitrogens with zero attached hydrogens (tertiary/aromatic N) is 2. The smallest absolute Gasteiger partial charge is 0.0524 e. The van der Waals surface area contributed by atoms with Crippen molar-refractivity contribution in [2.75, 3.05) is 0 Å². The zero-order valence-electron chi connectivity index (χ0n) is 12.9. The summed E-state index contributed by atoms with van der Waals surface area (Å²) < 4.78 is 2.18. The molecule has 0 aliphatic heterocycles. The highest BCUT2D eigenvalue weighted by Gasteiger charge is 2.46. The van der Waals surface area contributed by atoms with Crippen LogP contribution in [-0.4, -0.2) is 9.78 Å². The van der Waals surface area contributed by atoms with Crippen LogP contribution < -0.4 is 0 Å². The summed E-state index contributed by atoms with van der Waals surface area (Å²) in [6, 6.07) is 0. The Hall–Kier alpha value is -0.790. The molecule has 0 bridgehead atoms. The summed E-state index contributed by atoms with van der Waals surface area (Å²) in [6.45, 7) is 15.2. The fourth-order valence-electron chi connectivity index (χ4n) is 3.93. The first-order chi connectivity index (χ1) is 8.32. The minimum absolute atomic E-state index is 0.354. The van der Waals surface area contributed by atoms with Gasteiger partial charge in [-0.3, -0.25) is 4.68 Å². The van der Waals surface area contributed by atoms with E-state index in [4.69, 9.17) is 0 Å². The van der Waals surface area contributed by atoms with E-state index in [9.17, 15) is 0 Å². The largest absolute Gasteiger partial charge is 0.270 e. The minimum Gasteiger partial charge on any atom is -0.270 e. The average Bonchev–Trinajstić information content (AvgIpc) is 2.68. The van der Waals surface area contributed by atoms with Crippen LogP contribution in [0.15, 0.2) is 6.20 Å². The van der Waals surface area contributed by atoms with Crippen molar-refractivity contribution in [2.24, 2.45) is 16.7 Å². The second-order valence-corrected chi connectivity index (χ2v) is 7.17. The van der Waals surface area contributed by atoms with Crippen LogP contribution in [0.1, 0.15) is 59.2 Å². The van der Waals surface area contributed by atoms with Gasteiger partial charge in [-0.25, -0.2) is 0 Å². The third-order valence-electron chi connectivity index (χ3n) is 5.25. The van der Waals surface area contributed by atoms with Gasteiger partial charge in [0.15, 0.2) is 0 Å². The molecule has 18 heavy (non-hydrogen) atoms. The molecule has 1 unspecified atom stereocenters. The van der Waals surface area contributed by atoms with E-state index < -0.39 is 0 Å². The number of hydrogen-bond donors (Lipinski definition) is 0. The highest BCUT2D eigenvalue weighted by Crippen LogP contribution is 2.52. The first-order valence-corrected chi connectivity index (χ1v) is 7.35. The van der Waals surface area contributed by atoms with Crippen LogP contribution in [0.5, 0.6) is 0 Å². The highest BCUT2D eigenvalue weighted by molar-refractivity contribution is 5.25. The van der Waals surface area contributed by atoms with E-state index in [1.807, 2.05) is 0 Å². The molecule has 1 heterocycles. The lowest BCUT2D eigenvalue weighted by molar-refractivity contribution is 0.0142. The molecule has 1 aromatic heterocycles. The maximum atomic E-state index is 4.54. The lowest BCUT2D eigenvalue weighted by Gasteiger charge is -2.50. The van der Waals surface area contributed by atoms with Gasteiger partial charge in [0.1, 0.15) is 0 Å². The van der Waals surface area contributed by atoms with Crippen LogP contribution in [0.4, 0.5) is 0 Å². The molecule has 102 valence electrons. The molecule has 0 radical (unpaired) electrons. The van der Waals surface area contributed by atoms with E-state index in [1.165, 1.54) is 30.5 Å². The van der Waals surface area contributed by atoms with Gasteiger partial charge in [-0.2, -0.15) is 5.10 Å². The standard InChI is InChI=1S/C16H28N2/c1-7-18-14-8-9-16(12(2)3,15(4,5)6)10-13(14)11-17-18/h11-12H,7-10H2,1-6H3. The van der Waals surface area contributed by atoms with Crippen LogP contribution in [0.2, 0.25) is 0 Å². The zero-order valence-corrected chi connectivity index (χ0v) is 12.9. The van der Waals surface area contributed by atoms with Crippen LogP contribution in [0.25, 0.3) is 0 Å². The Morgan fingerprint density at radius 2 is 2.06 bits per heavy atom. The monoisotopic (exact) mass is 248 g/mol. The van der Waals surface area contributed by atoms with E-state index in [-0.39, 0.29) is 0 Å². The Morgan fingerprint density at radius 3 is 2.56 bits per heavy atom. The van der Waals surface area contributed by atoms with Crippen molar-refractivity contribution < 1.29 is 0 Å². The number of hydrogen-bond acceptors (Lipinski definition) is 1. The Kier molecular flexibility index (Phi) is 3.33. The average molecular weight is 248 g/mol. The Labute approximate surface area is 112 Å². The molecule has 1 aliphatic rings. The molecule has 1 aliphatic carbocycles. The van der Waals surface area contributed by atoms with E-state index >= 15 is 0 Å². The second-order valence-electron chi connectivity index (χ2n) is 7.17. The summed E-state index contributed by atoms with van der Waals surface area (Å²) in [7, 11) is 0. The summed E-state index contributed by atoms with van der Waals surface area (Å²) in [4.78, 5) is 0. The van der Waals surface area contributed by atoms with Crippen molar-refractivity contribution >= 4 is 0 Å². The molecule has 0 aromatic carbocycles. The normalized spacial score (nSPS) is 24.4. The van der Waals surface area contributed by atoms with Gasteiger partial charge >= 0.3 is 0 Å². The third-order valence-corrected chi connectivity index (χ3v) is 5.25. The SMILES string of the molecule is CCn1ncc2c1CCC(C(C)C)(C(C)(C)C)C2. The molecular formula is C16H28N2. The fourth-order valence-corrected chi connectivity index (χ4v) is 3.93. The summed E-state index contributed by atoms with van der Waals surface area (Å²) in [6.07, 6.45) is 5.80. The molecule has 2 rings (SSSR count). The molecule has 0 amide bonds. The fraction of sp³-hybridized carbons (Fsp3) is 0.812. The van der Waals surface area contributed by atoms with Crippen molar-refractivity contribution in [2.45, 2.75) is 67.3 Å². The molecule has 0 saturated heterocycles. The molecule has 1 atom stereocenters. The predicted octanol–water partition coefficient (Wildman–Crippen LogP) is 4.08. The van der Waals surface area contributed by atoms with Crippen molar-refractivity contribution in [3.8, 4) is 0 Å². The molecule has 0 fully saturated rings. The quantitative estimate of drug-likeness (QED) is 0.771. The molecule has 0 spiro atoms. The number of fused-ring (bicyclic) bond motifs is 1. The first kappa shape index (κ1) is 13.6. The van der Waals surface area contributed by atoms with Crippen LogP contribution in [-0.2, 0) is 19.4 Å². The number of rotatable bonds is 2. The zero-order chi connectivity index (χ0) is 13.6. The lowest BCUT2D eigenvalue weighted by atomic mass is 9.54. The van der Waals surface area contributed by atoms with Gasteiger partial charge in [0.05, 0.1) is 6.20 Å². The van der Waals surface area contributed by atoms with Crippen molar-refractivity contribution in [3.63, 3.8) is 0 Å². The van der Waals surface area contributed by atoms with Gasteiger partial charge < -0.3 is 0 Å². The number of aromatic nitrogens is 2. The van der Waals surface area contributed by atoms with Crippen molar-refractivity contribution in [3.05, 3.63) is 17.5 Å². The topological polar surface area (TPSA) is 17.8 Å². The van der Waals surface area contributed by atoms with E-state index in [1.54, 1.807) is 0 Å². The molecule has 1 aromatic rings. The van der Waals surface area contributed by atoms with Crippen molar-refractivity contribution in [1.29, 1.82) is 0 Å². The third kappa shape index (κ3) is 1.90. The van der Waals surface area contributed by atoms with E-state index in [0.29, 0.717) is 10.8 Å². The lowest BCUT2D eigenvalue weighted by Crippen LogP contribution is -2.45. The highest BCUT2D eigenvalue weighted by atomic mass is 15.3. The van der Waals surface area contributed by atoms with Crippen molar-refractivity contribution in [1.82, 2.24) is 9.78 Å². The van der Waals surface area contributed by atoms with Crippen LogP contribution in [0, 0.1) is 16.7 Å². The van der Waals surface area contributed by atoms with E-state index in [2.05, 4.69) is 57.5 Å². The number of aryl methyl sites for hydroxylation is 1. The van der Waals surface area contributed by atoms with Gasteiger partial charge in [0, 0.05) is 12.2 Å². The predicted molar refractivity (Wildman–Crippen MR) is 76.7 cm³/mol. The van der Waals surface area contributed by atoms with Gasteiger partial charge in [0.25, 0.3) is 0 Å². The molecule has 0 saturated carbocycles. The summed E-state index contributed by atoms with van der Waals surface area (Å²) >= 11 is 0. The van der Waals surface area contributed by atoms with Crippen LogP contribution >= 0.6 is 0 Å². The molecule has 0 N–H and O–H groups in total. The van der Waals surface area contributed by atoms with Gasteiger partial charge in [-0.05, 0) is 48.5 Å². The molecule has 2 nitrogen and oxygen atoms in total. The molecule has 2 heteroatoms. The maximum absolute atomic E-state index is 4.54. The van der Waals surface area contributed by atoms with Gasteiger partial charge in [-0.1, -0.05) is 34.6 Å². The summed E-state index contributed by atoms with van der Waals surface area (Å²) in [5, 5.41) is 4.54. The molecular weight excluding hydrogens is 220 g/mol. The summed E-state index contributed by atoms with van der Waals surface area (Å²) in [5.41, 5.74) is 3.75. The second kappa shape index (κ2) is 4.40. The van der Waals surface area contributed by atoms with E-state index in [0.717, 1.165) is 12.5 Å². The van der Waals surface area contributed by atoms with Gasteiger partial charge in [-0.15, -0.1) is 0 Å². The Balaban J connectivity index is 2.40. The first-order valence-electron chi connectivity index (χ1n) is 7.35.